The molecule has 2 N–H and O–H groups in total. The number of benzene rings is 1. The summed E-state index contributed by atoms with van der Waals surface area (Å²) in [6.45, 7) is 4.22. The summed E-state index contributed by atoms with van der Waals surface area (Å²) in [4.78, 5) is 0. The third-order valence-electron chi connectivity index (χ3n) is 3.04. The molecule has 0 saturated carbocycles. The standard InChI is InChI=1S/C13H19NOS/c1-13(6-3-7-16-13)10-14-9-11-4-2-5-12(15)8-11/h2,4-5,8,14-15H,3,6-7,9-10H2,1H3. The lowest BCUT2D eigenvalue weighted by Gasteiger charge is -2.23. The van der Waals surface area contributed by atoms with Crippen molar-refractivity contribution in [3.8, 4) is 5.75 Å². The van der Waals surface area contributed by atoms with Crippen molar-refractivity contribution in [3.05, 3.63) is 29.8 Å². The first-order chi connectivity index (χ1) is 7.68. The van der Waals surface area contributed by atoms with Crippen LogP contribution in [0.15, 0.2) is 24.3 Å². The number of nitrogens with one attached hydrogen (secondary N) is 1. The maximum absolute atomic E-state index is 9.34. The maximum atomic E-state index is 9.34. The van der Waals surface area contributed by atoms with Crippen LogP contribution in [-0.2, 0) is 6.54 Å². The molecule has 1 aromatic carbocycles. The van der Waals surface area contributed by atoms with Gasteiger partial charge in [0, 0.05) is 17.8 Å². The molecule has 1 aromatic rings. The lowest BCUT2D eigenvalue weighted by molar-refractivity contribution is 0.473. The molecule has 1 heterocycles. The van der Waals surface area contributed by atoms with Crippen LogP contribution in [0, 0.1) is 0 Å². The molecule has 1 saturated heterocycles. The molecule has 1 unspecified atom stereocenters. The molecule has 1 atom stereocenters. The van der Waals surface area contributed by atoms with Crippen LogP contribution in [0.25, 0.3) is 0 Å². The van der Waals surface area contributed by atoms with Crippen molar-refractivity contribution in [2.24, 2.45) is 0 Å². The number of phenolic OH excluding ortho intramolecular Hbond substituents is 1. The van der Waals surface area contributed by atoms with Crippen LogP contribution in [0.4, 0.5) is 0 Å². The van der Waals surface area contributed by atoms with Gasteiger partial charge >= 0.3 is 0 Å². The number of hydrogen-bond acceptors (Lipinski definition) is 3. The number of phenols is 1. The fourth-order valence-corrected chi connectivity index (χ4v) is 3.39. The van der Waals surface area contributed by atoms with E-state index in [1.165, 1.54) is 18.6 Å². The average molecular weight is 237 g/mol. The van der Waals surface area contributed by atoms with E-state index < -0.39 is 0 Å². The molecule has 2 nitrogen and oxygen atoms in total. The van der Waals surface area contributed by atoms with E-state index in [4.69, 9.17) is 0 Å². The van der Waals surface area contributed by atoms with Crippen LogP contribution in [0.3, 0.4) is 0 Å². The summed E-state index contributed by atoms with van der Waals surface area (Å²) in [6, 6.07) is 7.45. The number of thioether (sulfide) groups is 1. The summed E-state index contributed by atoms with van der Waals surface area (Å²) in [6.07, 6.45) is 2.65. The largest absolute Gasteiger partial charge is 0.508 e. The van der Waals surface area contributed by atoms with Gasteiger partial charge in [-0.3, -0.25) is 0 Å². The molecule has 0 aliphatic carbocycles. The number of hydrogen-bond donors (Lipinski definition) is 2. The highest BCUT2D eigenvalue weighted by atomic mass is 32.2. The van der Waals surface area contributed by atoms with Gasteiger partial charge in [-0.2, -0.15) is 11.8 Å². The van der Waals surface area contributed by atoms with Crippen LogP contribution in [-0.4, -0.2) is 22.2 Å². The van der Waals surface area contributed by atoms with E-state index in [0.29, 0.717) is 10.5 Å². The van der Waals surface area contributed by atoms with Crippen molar-refractivity contribution in [2.45, 2.75) is 31.1 Å². The fraction of sp³-hybridized carbons (Fsp3) is 0.538. The molecular formula is C13H19NOS. The summed E-state index contributed by atoms with van der Waals surface area (Å²) in [5.41, 5.74) is 1.14. The van der Waals surface area contributed by atoms with E-state index >= 15 is 0 Å². The molecule has 0 aromatic heterocycles. The van der Waals surface area contributed by atoms with Crippen molar-refractivity contribution in [1.29, 1.82) is 0 Å². The second-order valence-corrected chi connectivity index (χ2v) is 6.36. The molecule has 0 bridgehead atoms. The van der Waals surface area contributed by atoms with E-state index in [9.17, 15) is 5.11 Å². The normalized spacial score (nSPS) is 24.8. The Bertz CT molecular complexity index is 348. The molecule has 1 aliphatic rings. The monoisotopic (exact) mass is 237 g/mol. The molecule has 1 fully saturated rings. The highest BCUT2D eigenvalue weighted by Crippen LogP contribution is 2.36. The fourth-order valence-electron chi connectivity index (χ4n) is 2.11. The summed E-state index contributed by atoms with van der Waals surface area (Å²) in [5.74, 6) is 1.64. The van der Waals surface area contributed by atoms with Gasteiger partial charge in [0.1, 0.15) is 5.75 Å². The van der Waals surface area contributed by atoms with Crippen molar-refractivity contribution in [2.75, 3.05) is 12.3 Å². The number of rotatable bonds is 4. The van der Waals surface area contributed by atoms with Crippen LogP contribution >= 0.6 is 11.8 Å². The summed E-state index contributed by atoms with van der Waals surface area (Å²) < 4.78 is 0.414. The van der Waals surface area contributed by atoms with Gasteiger partial charge in [-0.05, 0) is 43.2 Å². The van der Waals surface area contributed by atoms with Crippen LogP contribution < -0.4 is 5.32 Å². The minimum atomic E-state index is 0.348. The molecule has 88 valence electrons. The molecule has 0 spiro atoms. The second kappa shape index (κ2) is 5.11. The third kappa shape index (κ3) is 3.16. The quantitative estimate of drug-likeness (QED) is 0.844. The topological polar surface area (TPSA) is 32.3 Å². The van der Waals surface area contributed by atoms with Crippen LogP contribution in [0.5, 0.6) is 5.75 Å². The Morgan fingerprint density at radius 3 is 3.06 bits per heavy atom. The average Bonchev–Trinajstić information content (AvgIpc) is 2.65. The molecule has 16 heavy (non-hydrogen) atoms. The minimum Gasteiger partial charge on any atom is -0.508 e. The second-order valence-electron chi connectivity index (χ2n) is 4.68. The lowest BCUT2D eigenvalue weighted by atomic mass is 10.1. The number of aromatic hydroxyl groups is 1. The maximum Gasteiger partial charge on any atom is 0.115 e. The zero-order valence-corrected chi connectivity index (χ0v) is 10.5. The third-order valence-corrected chi connectivity index (χ3v) is 4.58. The summed E-state index contributed by atoms with van der Waals surface area (Å²) >= 11 is 2.07. The first-order valence-electron chi connectivity index (χ1n) is 5.81. The van der Waals surface area contributed by atoms with Gasteiger partial charge in [0.05, 0.1) is 0 Å². The van der Waals surface area contributed by atoms with Gasteiger partial charge in [0.15, 0.2) is 0 Å². The molecule has 0 radical (unpaired) electrons. The zero-order valence-electron chi connectivity index (χ0n) is 9.70. The zero-order chi connectivity index (χ0) is 11.4. The van der Waals surface area contributed by atoms with Crippen molar-refractivity contribution < 1.29 is 5.11 Å². The van der Waals surface area contributed by atoms with E-state index in [1.807, 2.05) is 18.2 Å². The first kappa shape index (κ1) is 11.8. The van der Waals surface area contributed by atoms with E-state index in [0.717, 1.165) is 18.7 Å². The smallest absolute Gasteiger partial charge is 0.115 e. The molecule has 1 aliphatic heterocycles. The van der Waals surface area contributed by atoms with Gasteiger partial charge < -0.3 is 10.4 Å². The molecule has 3 heteroatoms. The highest BCUT2D eigenvalue weighted by Gasteiger charge is 2.28. The lowest BCUT2D eigenvalue weighted by Crippen LogP contribution is -2.32. The minimum absolute atomic E-state index is 0.348. The van der Waals surface area contributed by atoms with E-state index in [2.05, 4.69) is 24.0 Å². The first-order valence-corrected chi connectivity index (χ1v) is 6.79. The summed E-state index contributed by atoms with van der Waals surface area (Å²) in [7, 11) is 0. The van der Waals surface area contributed by atoms with Crippen molar-refractivity contribution in [1.82, 2.24) is 5.32 Å². The van der Waals surface area contributed by atoms with Crippen LogP contribution in [0.1, 0.15) is 25.3 Å². The Hall–Kier alpha value is -0.670. The predicted octanol–water partition coefficient (Wildman–Crippen LogP) is 2.77. The molecule has 2 rings (SSSR count). The Labute approximate surface area is 101 Å². The Morgan fingerprint density at radius 2 is 2.38 bits per heavy atom. The SMILES string of the molecule is CC1(CNCc2cccc(O)c2)CCCS1. The Morgan fingerprint density at radius 1 is 1.50 bits per heavy atom. The van der Waals surface area contributed by atoms with Gasteiger partial charge in [0.2, 0.25) is 0 Å². The molecule has 0 amide bonds. The molecular weight excluding hydrogens is 218 g/mol. The van der Waals surface area contributed by atoms with Crippen molar-refractivity contribution in [3.63, 3.8) is 0 Å². The van der Waals surface area contributed by atoms with E-state index in [1.54, 1.807) is 6.07 Å². The van der Waals surface area contributed by atoms with Crippen LogP contribution in [0.2, 0.25) is 0 Å². The summed E-state index contributed by atoms with van der Waals surface area (Å²) in [5, 5.41) is 12.8. The van der Waals surface area contributed by atoms with E-state index in [-0.39, 0.29) is 0 Å². The van der Waals surface area contributed by atoms with Gasteiger partial charge in [-0.25, -0.2) is 0 Å². The van der Waals surface area contributed by atoms with Gasteiger partial charge in [-0.15, -0.1) is 0 Å². The predicted molar refractivity (Wildman–Crippen MR) is 69.9 cm³/mol. The van der Waals surface area contributed by atoms with Gasteiger partial charge in [-0.1, -0.05) is 12.1 Å². The Kier molecular flexibility index (Phi) is 3.77. The van der Waals surface area contributed by atoms with Crippen molar-refractivity contribution >= 4 is 11.8 Å². The highest BCUT2D eigenvalue weighted by molar-refractivity contribution is 8.00. The Balaban J connectivity index is 1.79. The van der Waals surface area contributed by atoms with Gasteiger partial charge in [0.25, 0.3) is 0 Å².